The van der Waals surface area contributed by atoms with Gasteiger partial charge < -0.3 is 9.32 Å². The topological polar surface area (TPSA) is 16.4 Å². The van der Waals surface area contributed by atoms with Crippen molar-refractivity contribution in [1.29, 1.82) is 0 Å². The van der Waals surface area contributed by atoms with Gasteiger partial charge in [0, 0.05) is 31.8 Å². The van der Waals surface area contributed by atoms with Gasteiger partial charge >= 0.3 is 0 Å². The van der Waals surface area contributed by atoms with E-state index in [2.05, 4.69) is 175 Å². The molecule has 0 aliphatic rings. The Balaban J connectivity index is 1.34. The SMILES string of the molecule is c1ccc(-c2ccc(-c3cccc4ccccc34)cc2N(c2cccc3c2oc2ccccc23)c2cccc3c2sc2ccccc23)cc1. The first-order valence-electron chi connectivity index (χ1n) is 16.6. The van der Waals surface area contributed by atoms with Gasteiger partial charge in [-0.1, -0.05) is 146 Å². The predicted molar refractivity (Wildman–Crippen MR) is 210 cm³/mol. The molecule has 0 saturated carbocycles. The number of fused-ring (bicyclic) bond motifs is 7. The molecule has 3 heteroatoms. The average Bonchev–Trinajstić information content (AvgIpc) is 3.75. The second kappa shape index (κ2) is 11.2. The molecule has 10 rings (SSSR count). The number of nitrogens with zero attached hydrogens (tertiary/aromatic N) is 1. The molecule has 0 amide bonds. The van der Waals surface area contributed by atoms with Crippen LogP contribution in [0.3, 0.4) is 0 Å². The Labute approximate surface area is 287 Å². The van der Waals surface area contributed by atoms with E-state index in [1.54, 1.807) is 0 Å². The summed E-state index contributed by atoms with van der Waals surface area (Å²) >= 11 is 1.85. The lowest BCUT2D eigenvalue weighted by molar-refractivity contribution is 0.669. The Morgan fingerprint density at radius 1 is 0.408 bits per heavy atom. The van der Waals surface area contributed by atoms with Crippen molar-refractivity contribution in [2.24, 2.45) is 0 Å². The normalized spacial score (nSPS) is 11.7. The van der Waals surface area contributed by atoms with Crippen LogP contribution in [0, 0.1) is 0 Å². The number of hydrogen-bond donors (Lipinski definition) is 0. The Morgan fingerprint density at radius 2 is 1.08 bits per heavy atom. The molecule has 0 spiro atoms. The summed E-state index contributed by atoms with van der Waals surface area (Å²) in [6.45, 7) is 0. The lowest BCUT2D eigenvalue weighted by atomic mass is 9.94. The van der Waals surface area contributed by atoms with E-state index in [4.69, 9.17) is 4.42 Å². The van der Waals surface area contributed by atoms with E-state index in [0.29, 0.717) is 0 Å². The van der Waals surface area contributed by atoms with E-state index < -0.39 is 0 Å². The fourth-order valence-corrected chi connectivity index (χ4v) is 8.64. The van der Waals surface area contributed by atoms with Crippen molar-refractivity contribution in [2.45, 2.75) is 0 Å². The van der Waals surface area contributed by atoms with Crippen molar-refractivity contribution in [2.75, 3.05) is 4.90 Å². The zero-order valence-corrected chi connectivity index (χ0v) is 27.3. The van der Waals surface area contributed by atoms with Crippen LogP contribution in [-0.2, 0) is 0 Å². The van der Waals surface area contributed by atoms with E-state index in [1.165, 1.54) is 36.5 Å². The van der Waals surface area contributed by atoms with Gasteiger partial charge in [-0.15, -0.1) is 11.3 Å². The van der Waals surface area contributed by atoms with Crippen molar-refractivity contribution < 1.29 is 4.42 Å². The highest BCUT2D eigenvalue weighted by Crippen LogP contribution is 2.50. The van der Waals surface area contributed by atoms with Crippen LogP contribution in [0.5, 0.6) is 0 Å². The number of anilines is 3. The molecule has 0 unspecified atom stereocenters. The minimum atomic E-state index is 0.872. The third kappa shape index (κ3) is 4.47. The molecule has 2 nitrogen and oxygen atoms in total. The van der Waals surface area contributed by atoms with E-state index in [1.807, 2.05) is 17.4 Å². The minimum absolute atomic E-state index is 0.872. The van der Waals surface area contributed by atoms with Gasteiger partial charge in [-0.3, -0.25) is 0 Å². The molecule has 0 fully saturated rings. The monoisotopic (exact) mass is 643 g/mol. The molecular weight excluding hydrogens is 615 g/mol. The van der Waals surface area contributed by atoms with Gasteiger partial charge in [0.25, 0.3) is 0 Å². The van der Waals surface area contributed by atoms with Crippen LogP contribution in [0.15, 0.2) is 180 Å². The first kappa shape index (κ1) is 27.9. The van der Waals surface area contributed by atoms with Crippen LogP contribution in [0.25, 0.3) is 75.1 Å². The molecule has 0 saturated heterocycles. The smallest absolute Gasteiger partial charge is 0.159 e. The van der Waals surface area contributed by atoms with Gasteiger partial charge in [0.05, 0.1) is 21.8 Å². The third-order valence-corrected chi connectivity index (χ3v) is 10.9. The summed E-state index contributed by atoms with van der Waals surface area (Å²) in [7, 11) is 0. The van der Waals surface area contributed by atoms with Gasteiger partial charge in [0.2, 0.25) is 0 Å². The maximum Gasteiger partial charge on any atom is 0.159 e. The van der Waals surface area contributed by atoms with Crippen molar-refractivity contribution >= 4 is 81.3 Å². The highest BCUT2D eigenvalue weighted by Gasteiger charge is 2.25. The molecule has 49 heavy (non-hydrogen) atoms. The molecular formula is C46H29NOS. The number of hydrogen-bond acceptors (Lipinski definition) is 3. The first-order chi connectivity index (χ1) is 24.3. The van der Waals surface area contributed by atoms with E-state index in [-0.39, 0.29) is 0 Å². The number of para-hydroxylation sites is 2. The minimum Gasteiger partial charge on any atom is -0.454 e. The van der Waals surface area contributed by atoms with Crippen LogP contribution >= 0.6 is 11.3 Å². The second-order valence-electron chi connectivity index (χ2n) is 12.5. The van der Waals surface area contributed by atoms with Crippen LogP contribution in [0.1, 0.15) is 0 Å². The fraction of sp³-hybridized carbons (Fsp3) is 0. The van der Waals surface area contributed by atoms with Crippen molar-refractivity contribution in [3.05, 3.63) is 176 Å². The molecule has 0 aliphatic carbocycles. The van der Waals surface area contributed by atoms with Gasteiger partial charge in [0.1, 0.15) is 5.58 Å². The Bertz CT molecular complexity index is 2730. The molecule has 0 radical (unpaired) electrons. The van der Waals surface area contributed by atoms with Crippen LogP contribution in [0.4, 0.5) is 17.1 Å². The number of rotatable bonds is 5. The quantitative estimate of drug-likeness (QED) is 0.186. The molecule has 0 bridgehead atoms. The summed E-state index contributed by atoms with van der Waals surface area (Å²) in [4.78, 5) is 2.44. The zero-order chi connectivity index (χ0) is 32.3. The number of thiophene rings is 1. The summed E-state index contributed by atoms with van der Waals surface area (Å²) in [5.74, 6) is 0. The van der Waals surface area contributed by atoms with Crippen molar-refractivity contribution in [1.82, 2.24) is 0 Å². The van der Waals surface area contributed by atoms with Gasteiger partial charge in [0.15, 0.2) is 5.58 Å². The highest BCUT2D eigenvalue weighted by atomic mass is 32.1. The average molecular weight is 644 g/mol. The fourth-order valence-electron chi connectivity index (χ4n) is 7.43. The number of furan rings is 1. The molecule has 8 aromatic carbocycles. The van der Waals surface area contributed by atoms with E-state index in [9.17, 15) is 0 Å². The van der Waals surface area contributed by atoms with E-state index >= 15 is 0 Å². The Morgan fingerprint density at radius 3 is 1.98 bits per heavy atom. The Kier molecular flexibility index (Phi) is 6.39. The van der Waals surface area contributed by atoms with Crippen molar-refractivity contribution in [3.63, 3.8) is 0 Å². The van der Waals surface area contributed by atoms with Crippen LogP contribution < -0.4 is 4.90 Å². The predicted octanol–water partition coefficient (Wildman–Crippen LogP) is 13.9. The molecule has 2 aromatic heterocycles. The number of benzene rings is 8. The van der Waals surface area contributed by atoms with Crippen LogP contribution in [-0.4, -0.2) is 0 Å². The lowest BCUT2D eigenvalue weighted by Gasteiger charge is -2.29. The third-order valence-electron chi connectivity index (χ3n) is 9.67. The highest BCUT2D eigenvalue weighted by molar-refractivity contribution is 7.26. The summed E-state index contributed by atoms with van der Waals surface area (Å²) in [5, 5.41) is 7.22. The van der Waals surface area contributed by atoms with Gasteiger partial charge in [-0.25, -0.2) is 0 Å². The maximum atomic E-state index is 6.76. The molecule has 10 aromatic rings. The first-order valence-corrected chi connectivity index (χ1v) is 17.4. The van der Waals surface area contributed by atoms with E-state index in [0.717, 1.165) is 55.7 Å². The summed E-state index contributed by atoms with van der Waals surface area (Å²) < 4.78 is 9.28. The maximum absolute atomic E-state index is 6.76. The lowest BCUT2D eigenvalue weighted by Crippen LogP contribution is -2.12. The second-order valence-corrected chi connectivity index (χ2v) is 13.5. The summed E-state index contributed by atoms with van der Waals surface area (Å²) in [6.07, 6.45) is 0. The largest absolute Gasteiger partial charge is 0.454 e. The van der Waals surface area contributed by atoms with Gasteiger partial charge in [-0.05, 0) is 57.8 Å². The standard InChI is InChI=1S/C46H29NOS/c1-2-13-31(14-3-1)35-28-27-32(34-20-10-16-30-15-4-5-17-33(30)34)29-42(35)47(40-23-11-21-38-36-18-6-8-25-43(36)48-45(38)40)41-24-12-22-39-37-19-7-9-26-44(37)49-46(39)41/h1-29H. The summed E-state index contributed by atoms with van der Waals surface area (Å²) in [6, 6.07) is 63.2. The molecule has 230 valence electrons. The van der Waals surface area contributed by atoms with Gasteiger partial charge in [-0.2, -0.15) is 0 Å². The molecule has 0 aliphatic heterocycles. The molecule has 0 N–H and O–H groups in total. The zero-order valence-electron chi connectivity index (χ0n) is 26.5. The molecule has 2 heterocycles. The Hall–Kier alpha value is -6.16. The van der Waals surface area contributed by atoms with Crippen molar-refractivity contribution in [3.8, 4) is 22.3 Å². The summed E-state index contributed by atoms with van der Waals surface area (Å²) in [5.41, 5.74) is 9.66. The van der Waals surface area contributed by atoms with Crippen LogP contribution in [0.2, 0.25) is 0 Å². The molecule has 0 atom stereocenters.